The second kappa shape index (κ2) is 7.00. The van der Waals surface area contributed by atoms with Crippen molar-refractivity contribution in [3.63, 3.8) is 0 Å². The van der Waals surface area contributed by atoms with Crippen LogP contribution in [0.5, 0.6) is 0 Å². The van der Waals surface area contributed by atoms with Gasteiger partial charge in [-0.2, -0.15) is 0 Å². The maximum absolute atomic E-state index is 13.5. The van der Waals surface area contributed by atoms with E-state index in [0.29, 0.717) is 30.0 Å². The van der Waals surface area contributed by atoms with E-state index in [9.17, 15) is 13.2 Å². The number of aryl methyl sites for hydroxylation is 2. The van der Waals surface area contributed by atoms with Gasteiger partial charge in [0, 0.05) is 25.2 Å². The molecule has 142 valence electrons. The first-order valence-electron chi connectivity index (χ1n) is 9.50. The van der Waals surface area contributed by atoms with Crippen LogP contribution in [0, 0.1) is 6.92 Å². The van der Waals surface area contributed by atoms with E-state index in [1.165, 1.54) is 0 Å². The van der Waals surface area contributed by atoms with Crippen LogP contribution in [0.25, 0.3) is 0 Å². The third-order valence-corrected chi connectivity index (χ3v) is 7.40. The molecule has 0 radical (unpaired) electrons. The molecule has 0 spiro atoms. The van der Waals surface area contributed by atoms with Crippen molar-refractivity contribution < 1.29 is 13.2 Å². The van der Waals surface area contributed by atoms with E-state index in [-0.39, 0.29) is 5.91 Å². The van der Waals surface area contributed by atoms with Gasteiger partial charge < -0.3 is 4.90 Å². The molecule has 1 saturated heterocycles. The Kier molecular flexibility index (Phi) is 4.68. The predicted octanol–water partition coefficient (Wildman–Crippen LogP) is 3.65. The summed E-state index contributed by atoms with van der Waals surface area (Å²) in [7, 11) is -3.65. The maximum Gasteiger partial charge on any atom is 0.264 e. The predicted molar refractivity (Wildman–Crippen MR) is 107 cm³/mol. The number of sulfonamides is 1. The van der Waals surface area contributed by atoms with Gasteiger partial charge in [0.2, 0.25) is 5.91 Å². The van der Waals surface area contributed by atoms with Crippen molar-refractivity contribution in [2.75, 3.05) is 22.3 Å². The molecule has 0 aliphatic carbocycles. The molecular formula is C21H24N2O3S. The Hall–Kier alpha value is -2.34. The van der Waals surface area contributed by atoms with Gasteiger partial charge in [0.05, 0.1) is 10.6 Å². The maximum atomic E-state index is 13.5. The second-order valence-electron chi connectivity index (χ2n) is 7.26. The number of para-hydroxylation sites is 1. The van der Waals surface area contributed by atoms with Crippen LogP contribution in [-0.2, 0) is 21.2 Å². The number of rotatable bonds is 3. The molecular weight excluding hydrogens is 360 g/mol. The molecule has 2 aromatic carbocycles. The van der Waals surface area contributed by atoms with Gasteiger partial charge in [-0.25, -0.2) is 8.42 Å². The third kappa shape index (κ3) is 3.23. The number of anilines is 2. The molecule has 27 heavy (non-hydrogen) atoms. The normalized spacial score (nSPS) is 17.7. The molecule has 6 heteroatoms. The van der Waals surface area contributed by atoms with Crippen molar-refractivity contribution in [3.8, 4) is 0 Å². The van der Waals surface area contributed by atoms with Crippen molar-refractivity contribution in [2.45, 2.75) is 43.9 Å². The summed E-state index contributed by atoms with van der Waals surface area (Å²) in [6.07, 6.45) is 4.13. The molecule has 4 rings (SSSR count). The Bertz CT molecular complexity index is 985. The summed E-state index contributed by atoms with van der Waals surface area (Å²) in [4.78, 5) is 14.0. The lowest BCUT2D eigenvalue weighted by Crippen LogP contribution is -2.32. The number of fused-ring (bicyclic) bond motifs is 1. The molecule has 0 unspecified atom stereocenters. The van der Waals surface area contributed by atoms with Crippen molar-refractivity contribution >= 4 is 27.3 Å². The smallest absolute Gasteiger partial charge is 0.264 e. The minimum Gasteiger partial charge on any atom is -0.312 e. The van der Waals surface area contributed by atoms with Crippen LogP contribution in [0.4, 0.5) is 11.4 Å². The highest BCUT2D eigenvalue weighted by Crippen LogP contribution is 2.33. The quantitative estimate of drug-likeness (QED) is 0.812. The molecule has 1 fully saturated rings. The van der Waals surface area contributed by atoms with Crippen molar-refractivity contribution in [1.29, 1.82) is 0 Å². The molecule has 0 bridgehead atoms. The second-order valence-corrected chi connectivity index (χ2v) is 9.09. The fourth-order valence-corrected chi connectivity index (χ4v) is 5.79. The van der Waals surface area contributed by atoms with E-state index < -0.39 is 10.0 Å². The van der Waals surface area contributed by atoms with Gasteiger partial charge in [0.15, 0.2) is 0 Å². The summed E-state index contributed by atoms with van der Waals surface area (Å²) in [5, 5.41) is 0. The average Bonchev–Trinajstić information content (AvgIpc) is 2.95. The molecule has 2 aliphatic rings. The molecule has 0 N–H and O–H groups in total. The first-order valence-corrected chi connectivity index (χ1v) is 10.9. The van der Waals surface area contributed by atoms with Gasteiger partial charge >= 0.3 is 0 Å². The fourth-order valence-electron chi connectivity index (χ4n) is 4.04. The Balaban J connectivity index is 1.73. The van der Waals surface area contributed by atoms with Crippen LogP contribution in [0.1, 0.15) is 36.8 Å². The molecule has 2 aromatic rings. The van der Waals surface area contributed by atoms with Crippen LogP contribution in [0.2, 0.25) is 0 Å². The SMILES string of the molecule is Cc1cc(N2CCCC2=O)ccc1S(=O)(=O)N1CCCCc2ccccc21. The number of carbonyl (C=O) groups is 1. The highest BCUT2D eigenvalue weighted by atomic mass is 32.2. The molecule has 0 aromatic heterocycles. The Morgan fingerprint density at radius 1 is 0.926 bits per heavy atom. The molecule has 1 amide bonds. The van der Waals surface area contributed by atoms with Crippen molar-refractivity contribution in [3.05, 3.63) is 53.6 Å². The zero-order chi connectivity index (χ0) is 19.0. The summed E-state index contributed by atoms with van der Waals surface area (Å²) in [6, 6.07) is 13.0. The topological polar surface area (TPSA) is 57.7 Å². The Morgan fingerprint density at radius 2 is 1.74 bits per heavy atom. The summed E-state index contributed by atoms with van der Waals surface area (Å²) < 4.78 is 28.5. The lowest BCUT2D eigenvalue weighted by molar-refractivity contribution is -0.117. The lowest BCUT2D eigenvalue weighted by atomic mass is 10.1. The Morgan fingerprint density at radius 3 is 2.48 bits per heavy atom. The summed E-state index contributed by atoms with van der Waals surface area (Å²) in [5.41, 5.74) is 3.32. The van der Waals surface area contributed by atoms with Gasteiger partial charge in [0.25, 0.3) is 10.0 Å². The average molecular weight is 385 g/mol. The minimum absolute atomic E-state index is 0.103. The van der Waals surface area contributed by atoms with Gasteiger partial charge in [-0.05, 0) is 68.0 Å². The van der Waals surface area contributed by atoms with Crippen LogP contribution >= 0.6 is 0 Å². The van der Waals surface area contributed by atoms with E-state index in [0.717, 1.165) is 42.6 Å². The van der Waals surface area contributed by atoms with E-state index >= 15 is 0 Å². The zero-order valence-electron chi connectivity index (χ0n) is 15.5. The number of hydrogen-bond donors (Lipinski definition) is 0. The van der Waals surface area contributed by atoms with E-state index in [2.05, 4.69) is 0 Å². The van der Waals surface area contributed by atoms with E-state index in [4.69, 9.17) is 0 Å². The Labute approximate surface area is 160 Å². The van der Waals surface area contributed by atoms with Crippen LogP contribution in [-0.4, -0.2) is 27.4 Å². The van der Waals surface area contributed by atoms with E-state index in [1.54, 1.807) is 28.3 Å². The standard InChI is InChI=1S/C21H24N2O3S/c1-16-15-18(22-13-6-10-21(22)24)11-12-20(16)27(25,26)23-14-5-4-8-17-7-2-3-9-19(17)23/h2-3,7,9,11-12,15H,4-6,8,10,13-14H2,1H3. The first-order chi connectivity index (χ1) is 13.0. The van der Waals surface area contributed by atoms with Crippen LogP contribution < -0.4 is 9.21 Å². The zero-order valence-corrected chi connectivity index (χ0v) is 16.3. The highest BCUT2D eigenvalue weighted by molar-refractivity contribution is 7.92. The van der Waals surface area contributed by atoms with Gasteiger partial charge in [-0.1, -0.05) is 18.2 Å². The fraction of sp³-hybridized carbons (Fsp3) is 0.381. The minimum atomic E-state index is -3.65. The summed E-state index contributed by atoms with van der Waals surface area (Å²) in [5.74, 6) is 0.103. The summed E-state index contributed by atoms with van der Waals surface area (Å²) >= 11 is 0. The number of hydrogen-bond acceptors (Lipinski definition) is 3. The monoisotopic (exact) mass is 384 g/mol. The first kappa shape index (κ1) is 18.0. The van der Waals surface area contributed by atoms with Gasteiger partial charge in [-0.3, -0.25) is 9.10 Å². The lowest BCUT2D eigenvalue weighted by Gasteiger charge is -2.26. The molecule has 0 atom stereocenters. The van der Waals surface area contributed by atoms with Crippen molar-refractivity contribution in [1.82, 2.24) is 0 Å². The molecule has 2 heterocycles. The molecule has 2 aliphatic heterocycles. The van der Waals surface area contributed by atoms with Crippen molar-refractivity contribution in [2.24, 2.45) is 0 Å². The number of benzene rings is 2. The van der Waals surface area contributed by atoms with Crippen LogP contribution in [0.15, 0.2) is 47.4 Å². The van der Waals surface area contributed by atoms with Gasteiger partial charge in [0.1, 0.15) is 0 Å². The summed E-state index contributed by atoms with van der Waals surface area (Å²) in [6.45, 7) is 3.00. The number of amides is 1. The van der Waals surface area contributed by atoms with E-state index in [1.807, 2.05) is 30.3 Å². The highest BCUT2D eigenvalue weighted by Gasteiger charge is 2.30. The third-order valence-electron chi connectivity index (χ3n) is 5.43. The number of nitrogens with zero attached hydrogens (tertiary/aromatic N) is 2. The largest absolute Gasteiger partial charge is 0.312 e. The molecule has 0 saturated carbocycles. The molecule has 5 nitrogen and oxygen atoms in total. The van der Waals surface area contributed by atoms with Crippen LogP contribution in [0.3, 0.4) is 0 Å². The van der Waals surface area contributed by atoms with Gasteiger partial charge in [-0.15, -0.1) is 0 Å². The number of carbonyl (C=O) groups excluding carboxylic acids is 1.